The van der Waals surface area contributed by atoms with Crippen LogP contribution in [0.2, 0.25) is 0 Å². The number of furan rings is 1. The highest BCUT2D eigenvalue weighted by Gasteiger charge is 2.16. The average molecular weight is 473 g/mol. The van der Waals surface area contributed by atoms with Gasteiger partial charge in [0, 0.05) is 28.6 Å². The van der Waals surface area contributed by atoms with Crippen LogP contribution in [0.25, 0.3) is 22.3 Å². The number of aromatic nitrogens is 1. The zero-order valence-electron chi connectivity index (χ0n) is 17.6. The molecule has 33 heavy (non-hydrogen) atoms. The second-order valence-electron chi connectivity index (χ2n) is 7.12. The molecule has 0 aliphatic carbocycles. The minimum Gasteiger partial charge on any atom is -0.493 e. The zero-order valence-corrected chi connectivity index (χ0v) is 18.4. The monoisotopic (exact) mass is 473 g/mol. The van der Waals surface area contributed by atoms with E-state index in [1.165, 1.54) is 25.5 Å². The molecule has 2 aromatic carbocycles. The highest BCUT2D eigenvalue weighted by Crippen LogP contribution is 2.35. The highest BCUT2D eigenvalue weighted by molar-refractivity contribution is 7.86. The fraction of sp³-hybridized carbons (Fsp3) is 0.182. The first-order valence-electron chi connectivity index (χ1n) is 9.60. The third-order valence-corrected chi connectivity index (χ3v) is 5.08. The lowest BCUT2D eigenvalue weighted by atomic mass is 10.1. The largest absolute Gasteiger partial charge is 0.493 e. The Morgan fingerprint density at radius 1 is 1.15 bits per heavy atom. The maximum Gasteiger partial charge on any atom is 0.307 e. The van der Waals surface area contributed by atoms with Gasteiger partial charge in [-0.1, -0.05) is 17.3 Å². The van der Waals surface area contributed by atoms with Crippen molar-refractivity contribution >= 4 is 27.1 Å². The van der Waals surface area contributed by atoms with Crippen LogP contribution in [0, 0.1) is 0 Å². The number of aliphatic carboxylic acids is 1. The van der Waals surface area contributed by atoms with E-state index in [1.54, 1.807) is 30.3 Å². The van der Waals surface area contributed by atoms with E-state index in [9.17, 15) is 13.2 Å². The molecule has 0 amide bonds. The fourth-order valence-electron chi connectivity index (χ4n) is 3.20. The molecule has 0 atom stereocenters. The lowest BCUT2D eigenvalue weighted by Gasteiger charge is -2.09. The van der Waals surface area contributed by atoms with Crippen LogP contribution < -0.4 is 13.7 Å². The molecule has 4 rings (SSSR count). The van der Waals surface area contributed by atoms with Gasteiger partial charge in [0.25, 0.3) is 0 Å². The summed E-state index contributed by atoms with van der Waals surface area (Å²) >= 11 is 0. The minimum atomic E-state index is -3.65. The number of hydrogen-bond acceptors (Lipinski definition) is 9. The van der Waals surface area contributed by atoms with Crippen LogP contribution in [0.1, 0.15) is 11.3 Å². The van der Waals surface area contributed by atoms with Crippen LogP contribution in [-0.2, 0) is 27.9 Å². The number of rotatable bonds is 9. The number of carboxylic acids is 1. The van der Waals surface area contributed by atoms with Crippen LogP contribution in [0.3, 0.4) is 0 Å². The third kappa shape index (κ3) is 5.26. The summed E-state index contributed by atoms with van der Waals surface area (Å²) in [5.41, 5.74) is 2.05. The van der Waals surface area contributed by atoms with Gasteiger partial charge in [0.15, 0.2) is 17.3 Å². The van der Waals surface area contributed by atoms with E-state index in [1.807, 2.05) is 0 Å². The molecule has 0 bridgehead atoms. The number of fused-ring (bicyclic) bond motifs is 1. The van der Waals surface area contributed by atoms with E-state index < -0.39 is 16.1 Å². The van der Waals surface area contributed by atoms with Crippen molar-refractivity contribution in [1.29, 1.82) is 0 Å². The quantitative estimate of drug-likeness (QED) is 0.358. The van der Waals surface area contributed by atoms with Crippen molar-refractivity contribution in [3.63, 3.8) is 0 Å². The molecule has 0 radical (unpaired) electrons. The second kappa shape index (κ2) is 8.87. The van der Waals surface area contributed by atoms with Crippen molar-refractivity contribution in [3.05, 3.63) is 60.0 Å². The number of benzene rings is 2. The van der Waals surface area contributed by atoms with Crippen LogP contribution in [0.4, 0.5) is 0 Å². The fourth-order valence-corrected chi connectivity index (χ4v) is 3.66. The number of ether oxygens (including phenoxy) is 2. The summed E-state index contributed by atoms with van der Waals surface area (Å²) in [4.78, 5) is 11.0. The molecule has 0 saturated heterocycles. The predicted molar refractivity (Wildman–Crippen MR) is 116 cm³/mol. The molecule has 11 heteroatoms. The molecule has 1 N–H and O–H groups in total. The third-order valence-electron chi connectivity index (χ3n) is 4.58. The zero-order chi connectivity index (χ0) is 23.6. The number of carbonyl (C=O) groups is 1. The summed E-state index contributed by atoms with van der Waals surface area (Å²) in [7, 11) is -2.17. The second-order valence-corrected chi connectivity index (χ2v) is 8.69. The number of methoxy groups -OCH3 is 1. The van der Waals surface area contributed by atoms with Gasteiger partial charge in [-0.3, -0.25) is 4.79 Å². The molecular formula is C22H19NO9S. The Morgan fingerprint density at radius 2 is 1.97 bits per heavy atom. The van der Waals surface area contributed by atoms with E-state index in [4.69, 9.17) is 27.7 Å². The van der Waals surface area contributed by atoms with Crippen molar-refractivity contribution < 1.29 is 40.9 Å². The molecule has 0 aliphatic rings. The average Bonchev–Trinajstić information content (AvgIpc) is 3.37. The standard InChI is InChI=1S/C22H19NO9S/c1-28-20-9-17-14(7-22(24)25)11-29-19(17)10-21(20)30-12-15-8-18(31-23-15)13-4-3-5-16(6-13)32-33(2,26)27/h3-6,8-11H,7,12H2,1-2H3,(H,24,25). The Hall–Kier alpha value is -3.99. The Kier molecular flexibility index (Phi) is 5.97. The van der Waals surface area contributed by atoms with Gasteiger partial charge in [-0.2, -0.15) is 8.42 Å². The summed E-state index contributed by atoms with van der Waals surface area (Å²) in [5, 5.41) is 13.6. The van der Waals surface area contributed by atoms with E-state index in [0.29, 0.717) is 45.0 Å². The molecule has 10 nitrogen and oxygen atoms in total. The molecule has 0 unspecified atom stereocenters. The van der Waals surface area contributed by atoms with Crippen LogP contribution in [-0.4, -0.2) is 38.0 Å². The van der Waals surface area contributed by atoms with Gasteiger partial charge in [0.1, 0.15) is 23.6 Å². The van der Waals surface area contributed by atoms with Crippen molar-refractivity contribution in [2.45, 2.75) is 13.0 Å². The Balaban J connectivity index is 1.51. The first-order valence-corrected chi connectivity index (χ1v) is 11.4. The molecular weight excluding hydrogens is 454 g/mol. The summed E-state index contributed by atoms with van der Waals surface area (Å²) in [6.45, 7) is 0.0492. The van der Waals surface area contributed by atoms with Gasteiger partial charge in [-0.05, 0) is 18.2 Å². The van der Waals surface area contributed by atoms with Gasteiger partial charge >= 0.3 is 16.1 Å². The number of nitrogens with zero attached hydrogens (tertiary/aromatic N) is 1. The summed E-state index contributed by atoms with van der Waals surface area (Å²) in [6, 6.07) is 11.3. The molecule has 2 heterocycles. The highest BCUT2D eigenvalue weighted by atomic mass is 32.2. The van der Waals surface area contributed by atoms with Crippen molar-refractivity contribution in [2.75, 3.05) is 13.4 Å². The molecule has 0 spiro atoms. The van der Waals surface area contributed by atoms with Crippen LogP contribution in [0.15, 0.2) is 57.7 Å². The van der Waals surface area contributed by atoms with Crippen molar-refractivity contribution in [3.8, 4) is 28.6 Å². The summed E-state index contributed by atoms with van der Waals surface area (Å²) < 4.78 is 49.6. The van der Waals surface area contributed by atoms with Crippen molar-refractivity contribution in [2.24, 2.45) is 0 Å². The van der Waals surface area contributed by atoms with Gasteiger partial charge in [0.2, 0.25) is 0 Å². The van der Waals surface area contributed by atoms with E-state index in [-0.39, 0.29) is 18.8 Å². The van der Waals surface area contributed by atoms with E-state index >= 15 is 0 Å². The minimum absolute atomic E-state index is 0.0492. The molecule has 0 saturated carbocycles. The van der Waals surface area contributed by atoms with E-state index in [2.05, 4.69) is 5.16 Å². The van der Waals surface area contributed by atoms with E-state index in [0.717, 1.165) is 6.26 Å². The first kappa shape index (κ1) is 22.2. The lowest BCUT2D eigenvalue weighted by molar-refractivity contribution is -0.136. The summed E-state index contributed by atoms with van der Waals surface area (Å²) in [5.74, 6) is 0.383. The smallest absolute Gasteiger partial charge is 0.307 e. The SMILES string of the molecule is COc1cc2c(CC(=O)O)coc2cc1OCc1cc(-c2cccc(OS(C)(=O)=O)c2)on1. The Morgan fingerprint density at radius 3 is 2.70 bits per heavy atom. The van der Waals surface area contributed by atoms with Gasteiger partial charge in [0.05, 0.1) is 26.0 Å². The molecule has 172 valence electrons. The Labute approximate surface area is 188 Å². The molecule has 0 aliphatic heterocycles. The predicted octanol–water partition coefficient (Wildman–Crippen LogP) is 3.64. The maximum absolute atomic E-state index is 11.3. The maximum atomic E-state index is 11.3. The Bertz CT molecular complexity index is 1420. The molecule has 2 aromatic heterocycles. The van der Waals surface area contributed by atoms with Gasteiger partial charge < -0.3 is 27.7 Å². The normalized spacial score (nSPS) is 11.5. The topological polar surface area (TPSA) is 138 Å². The number of hydrogen-bond donors (Lipinski definition) is 1. The van der Waals surface area contributed by atoms with Gasteiger partial charge in [-0.15, -0.1) is 0 Å². The van der Waals surface area contributed by atoms with Crippen molar-refractivity contribution in [1.82, 2.24) is 5.16 Å². The van der Waals surface area contributed by atoms with Crippen LogP contribution in [0.5, 0.6) is 17.2 Å². The van der Waals surface area contributed by atoms with Crippen LogP contribution >= 0.6 is 0 Å². The van der Waals surface area contributed by atoms with Gasteiger partial charge in [-0.25, -0.2) is 0 Å². The molecule has 4 aromatic rings. The number of carboxylic acid groups (broad SMARTS) is 1. The summed E-state index contributed by atoms with van der Waals surface area (Å²) in [6.07, 6.45) is 2.19. The first-order chi connectivity index (χ1) is 15.7. The molecule has 0 fully saturated rings. The lowest BCUT2D eigenvalue weighted by Crippen LogP contribution is -2.05.